The van der Waals surface area contributed by atoms with Crippen molar-refractivity contribution < 1.29 is 4.79 Å². The second kappa shape index (κ2) is 9.02. The second-order valence-electron chi connectivity index (χ2n) is 6.96. The molecule has 1 aliphatic heterocycles. The van der Waals surface area contributed by atoms with Crippen LogP contribution >= 0.6 is 12.4 Å². The van der Waals surface area contributed by atoms with Crippen LogP contribution in [-0.4, -0.2) is 5.91 Å². The summed E-state index contributed by atoms with van der Waals surface area (Å²) in [5.41, 5.74) is 5.11. The van der Waals surface area contributed by atoms with Crippen LogP contribution in [-0.2, 0) is 30.8 Å². The molecule has 1 amide bonds. The summed E-state index contributed by atoms with van der Waals surface area (Å²) in [6.45, 7) is 6.72. The van der Waals surface area contributed by atoms with E-state index in [0.717, 1.165) is 19.5 Å². The monoisotopic (exact) mass is 358 g/mol. The van der Waals surface area contributed by atoms with E-state index in [2.05, 4.69) is 54.8 Å². The van der Waals surface area contributed by atoms with Gasteiger partial charge < -0.3 is 10.6 Å². The van der Waals surface area contributed by atoms with E-state index in [0.29, 0.717) is 12.5 Å². The van der Waals surface area contributed by atoms with Crippen molar-refractivity contribution in [3.8, 4) is 0 Å². The molecule has 25 heavy (non-hydrogen) atoms. The number of hydrogen-bond donors (Lipinski definition) is 2. The van der Waals surface area contributed by atoms with Crippen molar-refractivity contribution >= 4 is 18.3 Å². The van der Waals surface area contributed by atoms with E-state index in [1.807, 2.05) is 18.2 Å². The maximum atomic E-state index is 12.7. The van der Waals surface area contributed by atoms with Crippen LogP contribution in [0.15, 0.2) is 48.5 Å². The number of hydrogen-bond acceptors (Lipinski definition) is 2. The predicted octanol–water partition coefficient (Wildman–Crippen LogP) is 3.84. The van der Waals surface area contributed by atoms with E-state index < -0.39 is 0 Å². The Balaban J connectivity index is 0.00000225. The summed E-state index contributed by atoms with van der Waals surface area (Å²) in [4.78, 5) is 12.7. The highest BCUT2D eigenvalue weighted by Gasteiger charge is 2.22. The first kappa shape index (κ1) is 19.5. The lowest BCUT2D eigenvalue weighted by atomic mass is 9.88. The molecule has 1 heterocycles. The van der Waals surface area contributed by atoms with Crippen LogP contribution in [0, 0.1) is 11.8 Å². The van der Waals surface area contributed by atoms with Gasteiger partial charge in [0.1, 0.15) is 0 Å². The van der Waals surface area contributed by atoms with E-state index >= 15 is 0 Å². The molecule has 0 aromatic heterocycles. The molecule has 2 aromatic rings. The fourth-order valence-corrected chi connectivity index (χ4v) is 3.28. The molecule has 1 atom stereocenters. The molecule has 134 valence electrons. The van der Waals surface area contributed by atoms with Crippen LogP contribution in [0.25, 0.3) is 0 Å². The fraction of sp³-hybridized carbons (Fsp3) is 0.381. The lowest BCUT2D eigenvalue weighted by Crippen LogP contribution is -2.34. The smallest absolute Gasteiger partial charge is 0.223 e. The average Bonchev–Trinajstić information content (AvgIpc) is 3.06. The van der Waals surface area contributed by atoms with Crippen LogP contribution < -0.4 is 10.6 Å². The second-order valence-corrected chi connectivity index (χ2v) is 6.96. The third-order valence-corrected chi connectivity index (χ3v) is 4.81. The van der Waals surface area contributed by atoms with Gasteiger partial charge in [-0.15, -0.1) is 12.4 Å². The minimum absolute atomic E-state index is 0. The molecule has 0 saturated carbocycles. The number of carbonyl (C=O) groups is 1. The summed E-state index contributed by atoms with van der Waals surface area (Å²) in [5, 5.41) is 6.49. The Kier molecular flexibility index (Phi) is 7.03. The highest BCUT2D eigenvalue weighted by Crippen LogP contribution is 2.19. The first-order valence-corrected chi connectivity index (χ1v) is 8.76. The normalized spacial score (nSPS) is 13.9. The number of amides is 1. The Morgan fingerprint density at radius 2 is 1.76 bits per heavy atom. The van der Waals surface area contributed by atoms with E-state index in [9.17, 15) is 4.79 Å². The van der Waals surface area contributed by atoms with Crippen molar-refractivity contribution in [1.82, 2.24) is 10.6 Å². The molecule has 0 aliphatic carbocycles. The molecule has 2 aromatic carbocycles. The summed E-state index contributed by atoms with van der Waals surface area (Å²) >= 11 is 0. The van der Waals surface area contributed by atoms with Crippen molar-refractivity contribution in [3.05, 3.63) is 70.8 Å². The van der Waals surface area contributed by atoms with Crippen LogP contribution in [0.3, 0.4) is 0 Å². The number of benzene rings is 2. The van der Waals surface area contributed by atoms with E-state index in [4.69, 9.17) is 0 Å². The molecule has 0 spiro atoms. The third kappa shape index (κ3) is 5.07. The van der Waals surface area contributed by atoms with Gasteiger partial charge in [-0.25, -0.2) is 0 Å². The van der Waals surface area contributed by atoms with Crippen molar-refractivity contribution in [2.45, 2.75) is 39.9 Å². The molecule has 0 bridgehead atoms. The predicted molar refractivity (Wildman–Crippen MR) is 105 cm³/mol. The zero-order valence-corrected chi connectivity index (χ0v) is 15.7. The minimum Gasteiger partial charge on any atom is -0.352 e. The largest absolute Gasteiger partial charge is 0.352 e. The Hall–Kier alpha value is -1.84. The minimum atomic E-state index is 0. The quantitative estimate of drug-likeness (QED) is 0.823. The van der Waals surface area contributed by atoms with E-state index in [-0.39, 0.29) is 24.2 Å². The molecule has 1 unspecified atom stereocenters. The molecule has 0 radical (unpaired) electrons. The van der Waals surface area contributed by atoms with Crippen molar-refractivity contribution in [1.29, 1.82) is 0 Å². The zero-order chi connectivity index (χ0) is 16.9. The van der Waals surface area contributed by atoms with E-state index in [1.165, 1.54) is 22.3 Å². The van der Waals surface area contributed by atoms with Crippen LogP contribution in [0.1, 0.15) is 36.1 Å². The molecular weight excluding hydrogens is 332 g/mol. The lowest BCUT2D eigenvalue weighted by Gasteiger charge is -2.20. The number of carbonyl (C=O) groups excluding carboxylic acids is 1. The molecule has 4 heteroatoms. The van der Waals surface area contributed by atoms with Gasteiger partial charge in [0.25, 0.3) is 0 Å². The highest BCUT2D eigenvalue weighted by molar-refractivity contribution is 5.85. The summed E-state index contributed by atoms with van der Waals surface area (Å²) in [6.07, 6.45) is 0.790. The van der Waals surface area contributed by atoms with Crippen LogP contribution in [0.2, 0.25) is 0 Å². The molecule has 0 saturated heterocycles. The van der Waals surface area contributed by atoms with Gasteiger partial charge in [0, 0.05) is 25.6 Å². The van der Waals surface area contributed by atoms with Crippen LogP contribution in [0.5, 0.6) is 0 Å². The fourth-order valence-electron chi connectivity index (χ4n) is 3.28. The molecule has 1 aliphatic rings. The molecular formula is C21H27ClN2O. The van der Waals surface area contributed by atoms with Gasteiger partial charge >= 0.3 is 0 Å². The van der Waals surface area contributed by atoms with Gasteiger partial charge in [0.15, 0.2) is 0 Å². The summed E-state index contributed by atoms with van der Waals surface area (Å²) < 4.78 is 0. The zero-order valence-electron chi connectivity index (χ0n) is 14.9. The average molecular weight is 359 g/mol. The van der Waals surface area contributed by atoms with Crippen LogP contribution in [0.4, 0.5) is 0 Å². The molecule has 3 rings (SSSR count). The standard InChI is InChI=1S/C21H26N2O.ClH/c1-15(2)20(11-16-6-4-3-5-7-16)21(24)23-12-17-8-9-18-13-22-14-19(18)10-17;/h3-10,15,20,22H,11-14H2,1-2H3,(H,23,24);1H. The number of halogens is 1. The van der Waals surface area contributed by atoms with Gasteiger partial charge in [-0.05, 0) is 34.6 Å². The molecule has 2 N–H and O–H groups in total. The summed E-state index contributed by atoms with van der Waals surface area (Å²) in [7, 11) is 0. The van der Waals surface area contributed by atoms with Gasteiger partial charge in [0.05, 0.1) is 0 Å². The Morgan fingerprint density at radius 3 is 2.48 bits per heavy atom. The number of rotatable bonds is 6. The van der Waals surface area contributed by atoms with Gasteiger partial charge in [-0.2, -0.15) is 0 Å². The van der Waals surface area contributed by atoms with Crippen molar-refractivity contribution in [2.24, 2.45) is 11.8 Å². The number of nitrogens with one attached hydrogen (secondary N) is 2. The maximum Gasteiger partial charge on any atom is 0.223 e. The van der Waals surface area contributed by atoms with Crippen molar-refractivity contribution in [2.75, 3.05) is 0 Å². The maximum absolute atomic E-state index is 12.7. The van der Waals surface area contributed by atoms with Gasteiger partial charge in [0.2, 0.25) is 5.91 Å². The summed E-state index contributed by atoms with van der Waals surface area (Å²) in [5.74, 6) is 0.463. The molecule has 3 nitrogen and oxygen atoms in total. The summed E-state index contributed by atoms with van der Waals surface area (Å²) in [6, 6.07) is 16.8. The molecule has 0 fully saturated rings. The van der Waals surface area contributed by atoms with Crippen molar-refractivity contribution in [3.63, 3.8) is 0 Å². The number of fused-ring (bicyclic) bond motifs is 1. The van der Waals surface area contributed by atoms with Gasteiger partial charge in [-0.1, -0.05) is 62.4 Å². The lowest BCUT2D eigenvalue weighted by molar-refractivity contribution is -0.126. The highest BCUT2D eigenvalue weighted by atomic mass is 35.5. The first-order chi connectivity index (χ1) is 11.6. The first-order valence-electron chi connectivity index (χ1n) is 8.76. The topological polar surface area (TPSA) is 41.1 Å². The Morgan fingerprint density at radius 1 is 1.04 bits per heavy atom. The van der Waals surface area contributed by atoms with E-state index in [1.54, 1.807) is 0 Å². The third-order valence-electron chi connectivity index (χ3n) is 4.81. The Bertz CT molecular complexity index is 700. The Labute approximate surface area is 156 Å². The van der Waals surface area contributed by atoms with Gasteiger partial charge in [-0.3, -0.25) is 4.79 Å². The SMILES string of the molecule is CC(C)C(Cc1ccccc1)C(=O)NCc1ccc2c(c1)CNC2.Cl.